The predicted octanol–water partition coefficient (Wildman–Crippen LogP) is 4.17. The molecule has 0 aliphatic carbocycles. The van der Waals surface area contributed by atoms with Gasteiger partial charge in [-0.25, -0.2) is 0 Å². The number of hydrogen-bond acceptors (Lipinski definition) is 5. The number of carbonyl (C=O) groups excluding carboxylic acids is 2. The molecule has 2 N–H and O–H groups in total. The second-order valence-electron chi connectivity index (χ2n) is 5.81. The second kappa shape index (κ2) is 9.87. The number of rotatable bonds is 8. The van der Waals surface area contributed by atoms with Crippen LogP contribution in [0.4, 0.5) is 11.4 Å². The maximum absolute atomic E-state index is 12.7. The Hall–Kier alpha value is -2.67. The van der Waals surface area contributed by atoms with Crippen LogP contribution in [-0.4, -0.2) is 31.3 Å². The fraction of sp³-hybridized carbons (Fsp3) is 0.300. The number of amides is 2. The third kappa shape index (κ3) is 6.21. The number of hydrogen-bond donors (Lipinski definition) is 2. The standard InChI is InChI=1S/C20H24N2O4S/c1-5-19(27-18-8-6-7-14(11-18)21-13(2)23)20(24)22-15-9-16(25-3)12-17(10-15)26-4/h6-12,19H,5H2,1-4H3,(H,21,23)(H,22,24). The monoisotopic (exact) mass is 388 g/mol. The molecule has 0 fully saturated rings. The Morgan fingerprint density at radius 1 is 1.00 bits per heavy atom. The lowest BCUT2D eigenvalue weighted by Crippen LogP contribution is -2.24. The predicted molar refractivity (Wildman–Crippen MR) is 109 cm³/mol. The van der Waals surface area contributed by atoms with Crippen molar-refractivity contribution in [1.29, 1.82) is 0 Å². The molecule has 2 aromatic rings. The lowest BCUT2D eigenvalue weighted by Gasteiger charge is -2.16. The molecule has 0 bridgehead atoms. The Kier molecular flexibility index (Phi) is 7.55. The first kappa shape index (κ1) is 20.6. The van der Waals surface area contributed by atoms with Crippen LogP contribution in [0.5, 0.6) is 11.5 Å². The molecule has 0 aromatic heterocycles. The van der Waals surface area contributed by atoms with Crippen molar-refractivity contribution in [2.75, 3.05) is 24.9 Å². The van der Waals surface area contributed by atoms with Gasteiger partial charge in [-0.2, -0.15) is 0 Å². The lowest BCUT2D eigenvalue weighted by molar-refractivity contribution is -0.116. The molecule has 144 valence electrons. The van der Waals surface area contributed by atoms with Gasteiger partial charge in [0.2, 0.25) is 11.8 Å². The van der Waals surface area contributed by atoms with Gasteiger partial charge in [0, 0.05) is 41.4 Å². The summed E-state index contributed by atoms with van der Waals surface area (Å²) < 4.78 is 10.5. The molecule has 0 aliphatic rings. The number of thioether (sulfide) groups is 1. The Balaban J connectivity index is 2.11. The first-order valence-electron chi connectivity index (χ1n) is 8.53. The van der Waals surface area contributed by atoms with Crippen LogP contribution in [0.25, 0.3) is 0 Å². The molecular weight excluding hydrogens is 364 g/mol. The molecule has 0 spiro atoms. The van der Waals surface area contributed by atoms with Gasteiger partial charge in [0.15, 0.2) is 0 Å². The summed E-state index contributed by atoms with van der Waals surface area (Å²) >= 11 is 1.45. The molecule has 1 unspecified atom stereocenters. The van der Waals surface area contributed by atoms with Crippen LogP contribution in [0.1, 0.15) is 20.3 Å². The quantitative estimate of drug-likeness (QED) is 0.664. The highest BCUT2D eigenvalue weighted by atomic mass is 32.2. The van der Waals surface area contributed by atoms with Crippen molar-refractivity contribution in [2.24, 2.45) is 0 Å². The van der Waals surface area contributed by atoms with E-state index in [0.717, 1.165) is 4.90 Å². The van der Waals surface area contributed by atoms with E-state index in [2.05, 4.69) is 10.6 Å². The summed E-state index contributed by atoms with van der Waals surface area (Å²) in [6.07, 6.45) is 0.655. The summed E-state index contributed by atoms with van der Waals surface area (Å²) in [7, 11) is 3.13. The molecule has 7 heteroatoms. The molecule has 0 radical (unpaired) electrons. The number of carbonyl (C=O) groups is 2. The van der Waals surface area contributed by atoms with Crippen molar-refractivity contribution in [1.82, 2.24) is 0 Å². The fourth-order valence-electron chi connectivity index (χ4n) is 2.44. The minimum absolute atomic E-state index is 0.109. The maximum atomic E-state index is 12.7. The van der Waals surface area contributed by atoms with Crippen molar-refractivity contribution < 1.29 is 19.1 Å². The summed E-state index contributed by atoms with van der Waals surface area (Å²) in [4.78, 5) is 24.9. The van der Waals surface area contributed by atoms with Gasteiger partial charge in [-0.1, -0.05) is 13.0 Å². The number of methoxy groups -OCH3 is 2. The average molecular weight is 388 g/mol. The van der Waals surface area contributed by atoms with Crippen molar-refractivity contribution in [2.45, 2.75) is 30.4 Å². The van der Waals surface area contributed by atoms with Gasteiger partial charge in [0.1, 0.15) is 11.5 Å². The zero-order valence-electron chi connectivity index (χ0n) is 15.9. The molecule has 27 heavy (non-hydrogen) atoms. The van der Waals surface area contributed by atoms with Crippen LogP contribution in [-0.2, 0) is 9.59 Å². The van der Waals surface area contributed by atoms with E-state index in [1.807, 2.05) is 31.2 Å². The van der Waals surface area contributed by atoms with Crippen molar-refractivity contribution in [3.63, 3.8) is 0 Å². The van der Waals surface area contributed by atoms with Crippen LogP contribution >= 0.6 is 11.8 Å². The molecule has 6 nitrogen and oxygen atoms in total. The number of ether oxygens (including phenoxy) is 2. The largest absolute Gasteiger partial charge is 0.497 e. The van der Waals surface area contributed by atoms with Gasteiger partial charge in [0.25, 0.3) is 0 Å². The molecule has 2 amide bonds. The van der Waals surface area contributed by atoms with Gasteiger partial charge < -0.3 is 20.1 Å². The van der Waals surface area contributed by atoms with Crippen LogP contribution in [0, 0.1) is 0 Å². The summed E-state index contributed by atoms with van der Waals surface area (Å²) in [5, 5.41) is 5.39. The number of benzene rings is 2. The van der Waals surface area contributed by atoms with Crippen LogP contribution in [0.3, 0.4) is 0 Å². The van der Waals surface area contributed by atoms with Crippen LogP contribution in [0.2, 0.25) is 0 Å². The Labute approximate surface area is 163 Å². The van der Waals surface area contributed by atoms with Gasteiger partial charge in [-0.05, 0) is 24.6 Å². The molecular formula is C20H24N2O4S. The van der Waals surface area contributed by atoms with Crippen molar-refractivity contribution in [3.05, 3.63) is 42.5 Å². The molecule has 1 atom stereocenters. The molecule has 0 saturated carbocycles. The molecule has 2 aromatic carbocycles. The number of anilines is 2. The van der Waals surface area contributed by atoms with Crippen LogP contribution < -0.4 is 20.1 Å². The molecule has 0 aliphatic heterocycles. The van der Waals surface area contributed by atoms with E-state index in [1.54, 1.807) is 32.4 Å². The van der Waals surface area contributed by atoms with E-state index in [-0.39, 0.29) is 17.1 Å². The van der Waals surface area contributed by atoms with E-state index in [4.69, 9.17) is 9.47 Å². The van der Waals surface area contributed by atoms with E-state index < -0.39 is 0 Å². The van der Waals surface area contributed by atoms with E-state index in [1.165, 1.54) is 18.7 Å². The topological polar surface area (TPSA) is 76.7 Å². The number of nitrogens with one attached hydrogen (secondary N) is 2. The van der Waals surface area contributed by atoms with Crippen molar-refractivity contribution in [3.8, 4) is 11.5 Å². The fourth-order valence-corrected chi connectivity index (χ4v) is 3.45. The Bertz CT molecular complexity index is 788. The average Bonchev–Trinajstić information content (AvgIpc) is 2.65. The summed E-state index contributed by atoms with van der Waals surface area (Å²) in [6.45, 7) is 3.42. The van der Waals surface area contributed by atoms with E-state index in [0.29, 0.717) is 29.3 Å². The Morgan fingerprint density at radius 2 is 1.67 bits per heavy atom. The first-order valence-corrected chi connectivity index (χ1v) is 9.41. The van der Waals surface area contributed by atoms with Crippen molar-refractivity contribution >= 4 is 35.0 Å². The lowest BCUT2D eigenvalue weighted by atomic mass is 10.2. The van der Waals surface area contributed by atoms with Gasteiger partial charge in [0.05, 0.1) is 19.5 Å². The second-order valence-corrected chi connectivity index (χ2v) is 7.09. The highest BCUT2D eigenvalue weighted by Gasteiger charge is 2.19. The SMILES string of the molecule is CCC(Sc1cccc(NC(C)=O)c1)C(=O)Nc1cc(OC)cc(OC)c1. The molecule has 0 saturated heterocycles. The van der Waals surface area contributed by atoms with Gasteiger partial charge in [-0.15, -0.1) is 11.8 Å². The van der Waals surface area contributed by atoms with Gasteiger partial charge in [-0.3, -0.25) is 9.59 Å². The maximum Gasteiger partial charge on any atom is 0.237 e. The Morgan fingerprint density at radius 3 is 2.22 bits per heavy atom. The smallest absolute Gasteiger partial charge is 0.237 e. The third-order valence-corrected chi connectivity index (χ3v) is 5.07. The molecule has 2 rings (SSSR count). The van der Waals surface area contributed by atoms with E-state index in [9.17, 15) is 9.59 Å². The third-order valence-electron chi connectivity index (χ3n) is 3.71. The van der Waals surface area contributed by atoms with Gasteiger partial charge >= 0.3 is 0 Å². The zero-order valence-corrected chi connectivity index (χ0v) is 16.7. The minimum Gasteiger partial charge on any atom is -0.497 e. The summed E-state index contributed by atoms with van der Waals surface area (Å²) in [6, 6.07) is 12.7. The highest BCUT2D eigenvalue weighted by Crippen LogP contribution is 2.30. The normalized spacial score (nSPS) is 11.4. The molecule has 0 heterocycles. The highest BCUT2D eigenvalue weighted by molar-refractivity contribution is 8.00. The van der Waals surface area contributed by atoms with Crippen LogP contribution in [0.15, 0.2) is 47.4 Å². The minimum atomic E-state index is -0.283. The summed E-state index contributed by atoms with van der Waals surface area (Å²) in [5.74, 6) is 0.971. The zero-order chi connectivity index (χ0) is 19.8. The first-order chi connectivity index (χ1) is 12.9. The summed E-state index contributed by atoms with van der Waals surface area (Å²) in [5.41, 5.74) is 1.32. The van der Waals surface area contributed by atoms with E-state index >= 15 is 0 Å².